The lowest BCUT2D eigenvalue weighted by atomic mass is 10.0. The molecule has 1 atom stereocenters. The summed E-state index contributed by atoms with van der Waals surface area (Å²) in [4.78, 5) is 0. The Morgan fingerprint density at radius 3 is 2.80 bits per heavy atom. The number of hydrogen-bond donors (Lipinski definition) is 2. The highest BCUT2D eigenvalue weighted by Crippen LogP contribution is 2.32. The van der Waals surface area contributed by atoms with Crippen molar-refractivity contribution in [1.29, 1.82) is 0 Å². The van der Waals surface area contributed by atoms with Crippen LogP contribution in [-0.2, 0) is 0 Å². The molecule has 0 amide bonds. The van der Waals surface area contributed by atoms with Crippen LogP contribution in [0, 0.1) is 5.92 Å². The minimum atomic E-state index is 0.00412. The molecule has 2 nitrogen and oxygen atoms in total. The van der Waals surface area contributed by atoms with Crippen molar-refractivity contribution in [2.45, 2.75) is 25.8 Å². The fourth-order valence-corrected chi connectivity index (χ4v) is 1.65. The van der Waals surface area contributed by atoms with Crippen molar-refractivity contribution in [3.63, 3.8) is 0 Å². The van der Waals surface area contributed by atoms with Crippen molar-refractivity contribution in [2.24, 2.45) is 11.7 Å². The summed E-state index contributed by atoms with van der Waals surface area (Å²) >= 11 is 0. The molecular weight excluding hydrogens is 186 g/mol. The molecule has 15 heavy (non-hydrogen) atoms. The number of allylic oxidation sites excluding steroid dienone is 1. The summed E-state index contributed by atoms with van der Waals surface area (Å²) in [6.45, 7) is 1.96. The van der Waals surface area contributed by atoms with E-state index in [0.717, 1.165) is 17.0 Å². The van der Waals surface area contributed by atoms with Gasteiger partial charge in [0.1, 0.15) is 5.75 Å². The van der Waals surface area contributed by atoms with Gasteiger partial charge in [0.15, 0.2) is 0 Å². The Morgan fingerprint density at radius 1 is 1.47 bits per heavy atom. The summed E-state index contributed by atoms with van der Waals surface area (Å²) < 4.78 is 0. The summed E-state index contributed by atoms with van der Waals surface area (Å²) in [5, 5.41) is 9.43. The summed E-state index contributed by atoms with van der Waals surface area (Å²) in [5.74, 6) is 1.04. The topological polar surface area (TPSA) is 46.2 Å². The number of aromatic hydroxyl groups is 1. The van der Waals surface area contributed by atoms with Gasteiger partial charge in [-0.3, -0.25) is 0 Å². The molecule has 1 fully saturated rings. The van der Waals surface area contributed by atoms with Gasteiger partial charge in [0.05, 0.1) is 0 Å². The Labute approximate surface area is 90.4 Å². The van der Waals surface area contributed by atoms with E-state index in [1.165, 1.54) is 12.8 Å². The minimum absolute atomic E-state index is 0.00412. The normalized spacial score (nSPS) is 18.3. The van der Waals surface area contributed by atoms with Crippen molar-refractivity contribution in [2.75, 3.05) is 0 Å². The highest BCUT2D eigenvalue weighted by Gasteiger charge is 2.17. The monoisotopic (exact) mass is 203 g/mol. The van der Waals surface area contributed by atoms with Crippen molar-refractivity contribution >= 4 is 6.08 Å². The maximum atomic E-state index is 9.43. The molecule has 0 spiro atoms. The third-order valence-electron chi connectivity index (χ3n) is 2.73. The zero-order valence-electron chi connectivity index (χ0n) is 8.98. The molecule has 1 aromatic rings. The summed E-state index contributed by atoms with van der Waals surface area (Å²) in [6.07, 6.45) is 6.88. The van der Waals surface area contributed by atoms with E-state index in [1.807, 2.05) is 13.0 Å². The smallest absolute Gasteiger partial charge is 0.116 e. The van der Waals surface area contributed by atoms with E-state index < -0.39 is 0 Å². The standard InChI is InChI=1S/C13H17NO/c1-9(14)13-7-6-12(15)8-11(13)5-4-10-2-3-10/h4-10,15H,2-3,14H2,1H3/b5-4+/t9-/m0/s1. The molecular formula is C13H17NO. The van der Waals surface area contributed by atoms with Gasteiger partial charge in [-0.25, -0.2) is 0 Å². The lowest BCUT2D eigenvalue weighted by molar-refractivity contribution is 0.475. The summed E-state index contributed by atoms with van der Waals surface area (Å²) in [6, 6.07) is 5.36. The third kappa shape index (κ3) is 2.60. The highest BCUT2D eigenvalue weighted by molar-refractivity contribution is 5.57. The van der Waals surface area contributed by atoms with Crippen LogP contribution in [-0.4, -0.2) is 5.11 Å². The molecule has 0 bridgehead atoms. The highest BCUT2D eigenvalue weighted by atomic mass is 16.3. The van der Waals surface area contributed by atoms with Crippen molar-refractivity contribution < 1.29 is 5.11 Å². The second-order valence-electron chi connectivity index (χ2n) is 4.30. The van der Waals surface area contributed by atoms with Crippen molar-refractivity contribution in [3.05, 3.63) is 35.4 Å². The molecule has 3 N–H and O–H groups in total. The van der Waals surface area contributed by atoms with Gasteiger partial charge in [0, 0.05) is 6.04 Å². The van der Waals surface area contributed by atoms with Crippen LogP contribution < -0.4 is 5.73 Å². The van der Waals surface area contributed by atoms with Gasteiger partial charge in [-0.15, -0.1) is 0 Å². The Kier molecular flexibility index (Phi) is 2.78. The molecule has 80 valence electrons. The zero-order valence-corrected chi connectivity index (χ0v) is 8.98. The van der Waals surface area contributed by atoms with E-state index in [1.54, 1.807) is 12.1 Å². The van der Waals surface area contributed by atoms with Crippen molar-refractivity contribution in [3.8, 4) is 5.75 Å². The van der Waals surface area contributed by atoms with Gasteiger partial charge in [0.2, 0.25) is 0 Å². The van der Waals surface area contributed by atoms with Crippen LogP contribution in [0.2, 0.25) is 0 Å². The van der Waals surface area contributed by atoms with Gasteiger partial charge in [0.25, 0.3) is 0 Å². The summed E-state index contributed by atoms with van der Waals surface area (Å²) in [5.41, 5.74) is 8.00. The van der Waals surface area contributed by atoms with Gasteiger partial charge in [-0.05, 0) is 48.9 Å². The minimum Gasteiger partial charge on any atom is -0.508 e. The van der Waals surface area contributed by atoms with Crippen LogP contribution in [0.5, 0.6) is 5.75 Å². The fraction of sp³-hybridized carbons (Fsp3) is 0.385. The van der Waals surface area contributed by atoms with Gasteiger partial charge in [-0.2, -0.15) is 0 Å². The fourth-order valence-electron chi connectivity index (χ4n) is 1.65. The first-order valence-corrected chi connectivity index (χ1v) is 5.43. The zero-order chi connectivity index (χ0) is 10.8. The Hall–Kier alpha value is -1.28. The molecule has 0 saturated heterocycles. The average molecular weight is 203 g/mol. The van der Waals surface area contributed by atoms with Crippen LogP contribution in [0.4, 0.5) is 0 Å². The molecule has 2 rings (SSSR count). The maximum absolute atomic E-state index is 9.43. The molecule has 0 aliphatic heterocycles. The molecule has 1 saturated carbocycles. The quantitative estimate of drug-likeness (QED) is 0.793. The number of phenols is 1. The first-order valence-electron chi connectivity index (χ1n) is 5.43. The van der Waals surface area contributed by atoms with E-state index in [0.29, 0.717) is 5.75 Å². The first kappa shape index (κ1) is 10.2. The van der Waals surface area contributed by atoms with Crippen LogP contribution in [0.1, 0.15) is 36.9 Å². The van der Waals surface area contributed by atoms with E-state index >= 15 is 0 Å². The molecule has 1 aromatic carbocycles. The molecule has 0 unspecified atom stereocenters. The van der Waals surface area contributed by atoms with Gasteiger partial charge >= 0.3 is 0 Å². The Balaban J connectivity index is 2.28. The molecule has 1 aliphatic carbocycles. The Morgan fingerprint density at radius 2 is 2.20 bits per heavy atom. The number of benzene rings is 1. The second-order valence-corrected chi connectivity index (χ2v) is 4.30. The van der Waals surface area contributed by atoms with Gasteiger partial charge < -0.3 is 10.8 Å². The molecule has 0 radical (unpaired) electrons. The van der Waals surface area contributed by atoms with E-state index in [2.05, 4.69) is 12.2 Å². The molecule has 1 aliphatic rings. The molecule has 2 heteroatoms. The predicted octanol–water partition coefficient (Wildman–Crippen LogP) is 2.84. The SMILES string of the molecule is C[C@H](N)c1ccc(O)cc1/C=C/C1CC1. The van der Waals surface area contributed by atoms with E-state index in [9.17, 15) is 5.11 Å². The Bertz CT molecular complexity index is 378. The van der Waals surface area contributed by atoms with E-state index in [4.69, 9.17) is 5.73 Å². The number of rotatable bonds is 3. The van der Waals surface area contributed by atoms with Crippen LogP contribution in [0.3, 0.4) is 0 Å². The molecule has 0 aromatic heterocycles. The number of phenolic OH excluding ortho intramolecular Hbond substituents is 1. The van der Waals surface area contributed by atoms with Gasteiger partial charge in [-0.1, -0.05) is 18.2 Å². The third-order valence-corrected chi connectivity index (χ3v) is 2.73. The largest absolute Gasteiger partial charge is 0.508 e. The van der Waals surface area contributed by atoms with E-state index in [-0.39, 0.29) is 6.04 Å². The second kappa shape index (κ2) is 4.07. The average Bonchev–Trinajstić information content (AvgIpc) is 2.97. The van der Waals surface area contributed by atoms with Crippen LogP contribution >= 0.6 is 0 Å². The number of hydrogen-bond acceptors (Lipinski definition) is 2. The van der Waals surface area contributed by atoms with Crippen LogP contribution in [0.15, 0.2) is 24.3 Å². The molecule has 0 heterocycles. The maximum Gasteiger partial charge on any atom is 0.116 e. The lowest BCUT2D eigenvalue weighted by Crippen LogP contribution is -2.06. The predicted molar refractivity (Wildman–Crippen MR) is 62.5 cm³/mol. The van der Waals surface area contributed by atoms with Crippen LogP contribution in [0.25, 0.3) is 6.08 Å². The summed E-state index contributed by atoms with van der Waals surface area (Å²) in [7, 11) is 0. The van der Waals surface area contributed by atoms with Crippen molar-refractivity contribution in [1.82, 2.24) is 0 Å². The first-order chi connectivity index (χ1) is 7.16. The lowest BCUT2D eigenvalue weighted by Gasteiger charge is -2.10. The number of nitrogens with two attached hydrogens (primary N) is 1.